The van der Waals surface area contributed by atoms with E-state index < -0.39 is 18.9 Å². The summed E-state index contributed by atoms with van der Waals surface area (Å²) in [6, 6.07) is 0. The van der Waals surface area contributed by atoms with Gasteiger partial charge < -0.3 is 4.74 Å². The van der Waals surface area contributed by atoms with Crippen molar-refractivity contribution < 1.29 is 18.3 Å². The van der Waals surface area contributed by atoms with Crippen LogP contribution in [-0.2, 0) is 11.3 Å². The molecule has 1 aromatic rings. The third-order valence-corrected chi connectivity index (χ3v) is 2.10. The molecule has 5 nitrogen and oxygen atoms in total. The van der Waals surface area contributed by atoms with Gasteiger partial charge in [0.15, 0.2) is 5.69 Å². The zero-order valence-corrected chi connectivity index (χ0v) is 9.98. The summed E-state index contributed by atoms with van der Waals surface area (Å²) >= 11 is 0. The predicted octanol–water partition coefficient (Wildman–Crippen LogP) is 1.84. The molecular weight excluding hydrogens is 232 g/mol. The summed E-state index contributed by atoms with van der Waals surface area (Å²) in [7, 11) is 0. The van der Waals surface area contributed by atoms with Crippen molar-refractivity contribution >= 4 is 5.97 Å². The molecule has 0 N–H and O–H groups in total. The van der Waals surface area contributed by atoms with E-state index in [0.29, 0.717) is 5.69 Å². The van der Waals surface area contributed by atoms with Gasteiger partial charge in [0.25, 0.3) is 6.43 Å². The first-order valence-corrected chi connectivity index (χ1v) is 5.36. The van der Waals surface area contributed by atoms with Gasteiger partial charge in [-0.15, -0.1) is 5.10 Å². The van der Waals surface area contributed by atoms with Gasteiger partial charge in [-0.05, 0) is 12.8 Å². The van der Waals surface area contributed by atoms with E-state index in [1.807, 2.05) is 0 Å². The molecule has 1 rings (SSSR count). The van der Waals surface area contributed by atoms with Gasteiger partial charge in [0.05, 0.1) is 12.3 Å². The molecule has 0 amide bonds. The second-order valence-electron chi connectivity index (χ2n) is 3.77. The van der Waals surface area contributed by atoms with Crippen LogP contribution in [0.1, 0.15) is 42.9 Å². The average molecular weight is 247 g/mol. The van der Waals surface area contributed by atoms with Crippen LogP contribution < -0.4 is 0 Å². The number of halogens is 2. The van der Waals surface area contributed by atoms with Crippen molar-refractivity contribution in [3.05, 3.63) is 11.4 Å². The Morgan fingerprint density at radius 1 is 1.47 bits per heavy atom. The van der Waals surface area contributed by atoms with Gasteiger partial charge in [-0.2, -0.15) is 0 Å². The molecule has 0 atom stereocenters. The smallest absolute Gasteiger partial charge is 0.360 e. The highest BCUT2D eigenvalue weighted by Gasteiger charge is 2.24. The molecule has 7 heteroatoms. The first kappa shape index (κ1) is 13.5. The molecule has 17 heavy (non-hydrogen) atoms. The van der Waals surface area contributed by atoms with E-state index in [2.05, 4.69) is 10.3 Å². The molecule has 0 aliphatic heterocycles. The van der Waals surface area contributed by atoms with Crippen molar-refractivity contribution in [1.82, 2.24) is 15.0 Å². The Labute approximate surface area is 97.8 Å². The van der Waals surface area contributed by atoms with Crippen molar-refractivity contribution in [2.24, 2.45) is 0 Å². The van der Waals surface area contributed by atoms with Crippen molar-refractivity contribution in [1.29, 1.82) is 0 Å². The number of aromatic nitrogens is 3. The standard InChI is InChI=1S/C10H15F2N3O2/c1-4-17-10(16)8-9(6(2)3)15(14-13-8)5-7(11)12/h6-7H,4-5H2,1-3H3. The van der Waals surface area contributed by atoms with E-state index in [1.165, 1.54) is 0 Å². The molecule has 0 aliphatic rings. The minimum atomic E-state index is -2.54. The van der Waals surface area contributed by atoms with Crippen LogP contribution >= 0.6 is 0 Å². The molecular formula is C10H15F2N3O2. The summed E-state index contributed by atoms with van der Waals surface area (Å²) in [6.45, 7) is 4.86. The van der Waals surface area contributed by atoms with Gasteiger partial charge in [0.2, 0.25) is 0 Å². The molecule has 0 bridgehead atoms. The van der Waals surface area contributed by atoms with Crippen LogP contribution in [0.25, 0.3) is 0 Å². The number of rotatable bonds is 5. The Morgan fingerprint density at radius 2 is 2.12 bits per heavy atom. The van der Waals surface area contributed by atoms with E-state index >= 15 is 0 Å². The van der Waals surface area contributed by atoms with Crippen LogP contribution in [0, 0.1) is 0 Å². The average Bonchev–Trinajstić information content (AvgIpc) is 2.60. The Bertz CT molecular complexity index is 391. The highest BCUT2D eigenvalue weighted by molar-refractivity contribution is 5.88. The lowest BCUT2D eigenvalue weighted by atomic mass is 10.1. The quantitative estimate of drug-likeness (QED) is 0.745. The number of ether oxygens (including phenoxy) is 1. The molecule has 0 aliphatic carbocycles. The van der Waals surface area contributed by atoms with Gasteiger partial charge in [-0.1, -0.05) is 19.1 Å². The van der Waals surface area contributed by atoms with Crippen LogP contribution in [0.15, 0.2) is 0 Å². The Balaban J connectivity index is 3.06. The van der Waals surface area contributed by atoms with Crippen LogP contribution in [0.4, 0.5) is 8.78 Å². The van der Waals surface area contributed by atoms with E-state index in [-0.39, 0.29) is 18.2 Å². The van der Waals surface area contributed by atoms with E-state index in [0.717, 1.165) is 4.68 Å². The summed E-state index contributed by atoms with van der Waals surface area (Å²) in [6.07, 6.45) is -2.54. The van der Waals surface area contributed by atoms with Crippen LogP contribution in [0.5, 0.6) is 0 Å². The summed E-state index contributed by atoms with van der Waals surface area (Å²) in [5.41, 5.74) is 0.395. The summed E-state index contributed by atoms with van der Waals surface area (Å²) in [4.78, 5) is 11.5. The third kappa shape index (κ3) is 3.21. The molecule has 0 aromatic carbocycles. The van der Waals surface area contributed by atoms with Crippen molar-refractivity contribution in [2.45, 2.75) is 39.7 Å². The lowest BCUT2D eigenvalue weighted by Crippen LogP contribution is -2.15. The Kier molecular flexibility index (Phi) is 4.53. The minimum Gasteiger partial charge on any atom is -0.461 e. The summed E-state index contributed by atoms with van der Waals surface area (Å²) in [5, 5.41) is 7.18. The maximum atomic E-state index is 12.3. The molecule has 1 aromatic heterocycles. The van der Waals surface area contributed by atoms with Crippen LogP contribution in [0.2, 0.25) is 0 Å². The fraction of sp³-hybridized carbons (Fsp3) is 0.700. The lowest BCUT2D eigenvalue weighted by Gasteiger charge is -2.09. The normalized spacial score (nSPS) is 11.2. The van der Waals surface area contributed by atoms with Crippen molar-refractivity contribution in [2.75, 3.05) is 6.61 Å². The molecule has 96 valence electrons. The second kappa shape index (κ2) is 5.70. The monoisotopic (exact) mass is 247 g/mol. The largest absolute Gasteiger partial charge is 0.461 e. The van der Waals surface area contributed by atoms with Crippen molar-refractivity contribution in [3.63, 3.8) is 0 Å². The van der Waals surface area contributed by atoms with Gasteiger partial charge in [0.1, 0.15) is 6.54 Å². The summed E-state index contributed by atoms with van der Waals surface area (Å²) in [5.74, 6) is -0.764. The van der Waals surface area contributed by atoms with Gasteiger partial charge >= 0.3 is 5.97 Å². The molecule has 0 saturated carbocycles. The predicted molar refractivity (Wildman–Crippen MR) is 56.1 cm³/mol. The Hall–Kier alpha value is -1.53. The fourth-order valence-electron chi connectivity index (χ4n) is 1.50. The van der Waals surface area contributed by atoms with E-state index in [4.69, 9.17) is 4.74 Å². The van der Waals surface area contributed by atoms with E-state index in [9.17, 15) is 13.6 Å². The minimum absolute atomic E-state index is 0.0162. The fourth-order valence-corrected chi connectivity index (χ4v) is 1.50. The third-order valence-electron chi connectivity index (χ3n) is 2.10. The molecule has 0 unspecified atom stereocenters. The van der Waals surface area contributed by atoms with Gasteiger partial charge in [0, 0.05) is 0 Å². The first-order valence-electron chi connectivity index (χ1n) is 5.36. The highest BCUT2D eigenvalue weighted by Crippen LogP contribution is 2.19. The summed E-state index contributed by atoms with van der Waals surface area (Å²) < 4.78 is 30.5. The first-order chi connectivity index (χ1) is 7.97. The number of hydrogen-bond donors (Lipinski definition) is 0. The maximum absolute atomic E-state index is 12.3. The van der Waals surface area contributed by atoms with Crippen LogP contribution in [-0.4, -0.2) is 34.0 Å². The SMILES string of the molecule is CCOC(=O)c1nnn(CC(F)F)c1C(C)C. The molecule has 0 radical (unpaired) electrons. The number of nitrogens with zero attached hydrogens (tertiary/aromatic N) is 3. The molecule has 0 saturated heterocycles. The number of carbonyl (C=O) groups excluding carboxylic acids is 1. The number of esters is 1. The van der Waals surface area contributed by atoms with Gasteiger partial charge in [-0.25, -0.2) is 18.3 Å². The zero-order valence-electron chi connectivity index (χ0n) is 9.98. The number of alkyl halides is 2. The maximum Gasteiger partial charge on any atom is 0.360 e. The lowest BCUT2D eigenvalue weighted by molar-refractivity contribution is 0.0517. The van der Waals surface area contributed by atoms with Crippen LogP contribution in [0.3, 0.4) is 0 Å². The second-order valence-corrected chi connectivity index (χ2v) is 3.77. The topological polar surface area (TPSA) is 57.0 Å². The number of carbonyl (C=O) groups is 1. The molecule has 1 heterocycles. The van der Waals surface area contributed by atoms with Crippen molar-refractivity contribution in [3.8, 4) is 0 Å². The highest BCUT2D eigenvalue weighted by atomic mass is 19.3. The molecule has 0 spiro atoms. The molecule has 0 fully saturated rings. The zero-order chi connectivity index (χ0) is 13.0. The van der Waals surface area contributed by atoms with Gasteiger partial charge in [-0.3, -0.25) is 0 Å². The van der Waals surface area contributed by atoms with E-state index in [1.54, 1.807) is 20.8 Å². The Morgan fingerprint density at radius 3 is 2.59 bits per heavy atom. The number of hydrogen-bond acceptors (Lipinski definition) is 4.